The van der Waals surface area contributed by atoms with E-state index in [9.17, 15) is 9.90 Å². The first-order chi connectivity index (χ1) is 14.7. The van der Waals surface area contributed by atoms with Gasteiger partial charge in [0, 0.05) is 5.39 Å². The lowest BCUT2D eigenvalue weighted by Crippen LogP contribution is -2.13. The Balaban J connectivity index is 1.59. The number of fused-ring (bicyclic) bond motifs is 2. The van der Waals surface area contributed by atoms with Crippen molar-refractivity contribution in [2.45, 2.75) is 19.3 Å². The maximum atomic E-state index is 12.1. The second-order valence-corrected chi connectivity index (χ2v) is 7.65. The van der Waals surface area contributed by atoms with Crippen LogP contribution < -0.4 is 0 Å². The van der Waals surface area contributed by atoms with Gasteiger partial charge in [0.1, 0.15) is 0 Å². The minimum atomic E-state index is -0.877. The molecule has 0 atom stereocenters. The van der Waals surface area contributed by atoms with Gasteiger partial charge in [0.15, 0.2) is 0 Å². The number of hydrogen-bond donors (Lipinski definition) is 1. The molecule has 4 aromatic rings. The summed E-state index contributed by atoms with van der Waals surface area (Å²) in [5, 5.41) is 10.6. The molecule has 1 aliphatic rings. The first-order valence-electron chi connectivity index (χ1n) is 10.2. The smallest absolute Gasteiger partial charge is 0.336 e. The Morgan fingerprint density at radius 1 is 0.833 bits per heavy atom. The van der Waals surface area contributed by atoms with E-state index in [1.165, 1.54) is 11.1 Å². The van der Waals surface area contributed by atoms with Crippen LogP contribution >= 0.6 is 0 Å². The van der Waals surface area contributed by atoms with E-state index in [4.69, 9.17) is 4.98 Å². The van der Waals surface area contributed by atoms with Gasteiger partial charge in [0.25, 0.3) is 0 Å². The molecule has 3 nitrogen and oxygen atoms in total. The average molecular weight is 391 g/mol. The third kappa shape index (κ3) is 3.29. The number of pyridine rings is 1. The van der Waals surface area contributed by atoms with Gasteiger partial charge in [-0.15, -0.1) is 0 Å². The van der Waals surface area contributed by atoms with Crippen molar-refractivity contribution in [1.82, 2.24) is 4.98 Å². The molecule has 5 rings (SSSR count). The zero-order chi connectivity index (χ0) is 20.5. The summed E-state index contributed by atoms with van der Waals surface area (Å²) in [6, 6.07) is 26.3. The predicted molar refractivity (Wildman–Crippen MR) is 121 cm³/mol. The summed E-state index contributed by atoms with van der Waals surface area (Å²) in [6.07, 6.45) is 4.73. The van der Waals surface area contributed by atoms with E-state index in [2.05, 4.69) is 42.5 Å². The number of nitrogens with zero attached hydrogens (tertiary/aromatic N) is 1. The number of hydrogen-bond acceptors (Lipinski definition) is 2. The molecule has 0 saturated heterocycles. The quantitative estimate of drug-likeness (QED) is 0.435. The molecule has 146 valence electrons. The molecule has 1 aliphatic carbocycles. The van der Waals surface area contributed by atoms with Crippen LogP contribution in [0.3, 0.4) is 0 Å². The highest BCUT2D eigenvalue weighted by molar-refractivity contribution is 6.05. The highest BCUT2D eigenvalue weighted by atomic mass is 16.4. The molecule has 0 bridgehead atoms. The lowest BCUT2D eigenvalue weighted by atomic mass is 9.86. The lowest BCUT2D eigenvalue weighted by Gasteiger charge is -2.21. The van der Waals surface area contributed by atoms with E-state index in [1.807, 2.05) is 42.5 Å². The number of carboxylic acid groups (broad SMARTS) is 1. The van der Waals surface area contributed by atoms with Gasteiger partial charge in [-0.05, 0) is 59.2 Å². The third-order valence-electron chi connectivity index (χ3n) is 5.74. The van der Waals surface area contributed by atoms with Gasteiger partial charge in [0.05, 0.1) is 16.8 Å². The van der Waals surface area contributed by atoms with Gasteiger partial charge in [-0.25, -0.2) is 9.78 Å². The predicted octanol–water partition coefficient (Wildman–Crippen LogP) is 6.48. The fraction of sp³-hybridized carbons (Fsp3) is 0.111. The van der Waals surface area contributed by atoms with E-state index in [-0.39, 0.29) is 0 Å². The number of aromatic carboxylic acids is 1. The third-order valence-corrected chi connectivity index (χ3v) is 5.74. The molecule has 30 heavy (non-hydrogen) atoms. The maximum Gasteiger partial charge on any atom is 0.336 e. The van der Waals surface area contributed by atoms with E-state index in [0.717, 1.165) is 52.6 Å². The minimum Gasteiger partial charge on any atom is -0.478 e. The van der Waals surface area contributed by atoms with Crippen molar-refractivity contribution in [1.29, 1.82) is 0 Å². The molecule has 0 unspecified atom stereocenters. The Morgan fingerprint density at radius 3 is 2.30 bits per heavy atom. The molecule has 0 aliphatic heterocycles. The maximum absolute atomic E-state index is 12.1. The number of rotatable bonds is 3. The van der Waals surface area contributed by atoms with Crippen LogP contribution in [0.1, 0.15) is 40.0 Å². The van der Waals surface area contributed by atoms with E-state index >= 15 is 0 Å². The summed E-state index contributed by atoms with van der Waals surface area (Å²) in [5.41, 5.74) is 7.42. The number of aromatic nitrogens is 1. The summed E-state index contributed by atoms with van der Waals surface area (Å²) in [7, 11) is 0. The standard InChI is InChI=1S/C27H21NO2/c29-27(30)25-22-10-4-5-12-24(22)28-26-21(9-6-11-23(25)26)17-18-13-15-20(16-14-18)19-7-2-1-3-8-19/h1-5,7-8,10,12-17H,6,9,11H2,(H,29,30). The van der Waals surface area contributed by atoms with Gasteiger partial charge >= 0.3 is 5.97 Å². The average Bonchev–Trinajstić information content (AvgIpc) is 2.79. The van der Waals surface area contributed by atoms with Crippen LogP contribution in [0.5, 0.6) is 0 Å². The number of carboxylic acids is 1. The van der Waals surface area contributed by atoms with Crippen molar-refractivity contribution < 1.29 is 9.90 Å². The van der Waals surface area contributed by atoms with Crippen LogP contribution in [0, 0.1) is 0 Å². The Labute approximate surface area is 175 Å². The van der Waals surface area contributed by atoms with Gasteiger partial charge in [-0.2, -0.15) is 0 Å². The molecule has 1 aromatic heterocycles. The van der Waals surface area contributed by atoms with Crippen LogP contribution in [-0.4, -0.2) is 16.1 Å². The van der Waals surface area contributed by atoms with Crippen molar-refractivity contribution >= 4 is 28.5 Å². The van der Waals surface area contributed by atoms with E-state index < -0.39 is 5.97 Å². The number of para-hydroxylation sites is 1. The van der Waals surface area contributed by atoms with Crippen molar-refractivity contribution in [2.75, 3.05) is 0 Å². The lowest BCUT2D eigenvalue weighted by molar-refractivity contribution is 0.0697. The Kier molecular flexibility index (Phi) is 4.64. The largest absolute Gasteiger partial charge is 0.478 e. The zero-order valence-corrected chi connectivity index (χ0v) is 16.5. The summed E-state index contributed by atoms with van der Waals surface area (Å²) < 4.78 is 0. The van der Waals surface area contributed by atoms with Crippen LogP contribution in [0.2, 0.25) is 0 Å². The topological polar surface area (TPSA) is 50.2 Å². The first kappa shape index (κ1) is 18.3. The molecule has 3 aromatic carbocycles. The van der Waals surface area contributed by atoms with Crippen LogP contribution in [-0.2, 0) is 6.42 Å². The molecule has 3 heteroatoms. The minimum absolute atomic E-state index is 0.403. The normalized spacial score (nSPS) is 14.6. The summed E-state index contributed by atoms with van der Waals surface area (Å²) in [4.78, 5) is 16.9. The Hall–Kier alpha value is -3.72. The van der Waals surface area contributed by atoms with Crippen molar-refractivity contribution in [3.8, 4) is 11.1 Å². The molecule has 0 fully saturated rings. The summed E-state index contributed by atoms with van der Waals surface area (Å²) in [6.45, 7) is 0. The van der Waals surface area contributed by atoms with Gasteiger partial charge in [-0.1, -0.05) is 72.8 Å². The van der Waals surface area contributed by atoms with Crippen LogP contribution in [0.4, 0.5) is 0 Å². The highest BCUT2D eigenvalue weighted by Gasteiger charge is 2.24. The molecule has 1 heterocycles. The van der Waals surface area contributed by atoms with E-state index in [1.54, 1.807) is 0 Å². The van der Waals surface area contributed by atoms with Crippen LogP contribution in [0.25, 0.3) is 33.7 Å². The SMILES string of the molecule is O=C(O)c1c2c(nc3ccccc13)C(=Cc1ccc(-c3ccccc3)cc1)CCC2. The fourth-order valence-corrected chi connectivity index (χ4v) is 4.32. The summed E-state index contributed by atoms with van der Waals surface area (Å²) >= 11 is 0. The monoisotopic (exact) mass is 391 g/mol. The van der Waals surface area contributed by atoms with Crippen molar-refractivity contribution in [2.24, 2.45) is 0 Å². The number of carbonyl (C=O) groups is 1. The molecule has 0 saturated carbocycles. The fourth-order valence-electron chi connectivity index (χ4n) is 4.32. The van der Waals surface area contributed by atoms with Crippen molar-refractivity contribution in [3.05, 3.63) is 101 Å². The van der Waals surface area contributed by atoms with Crippen LogP contribution in [0.15, 0.2) is 78.9 Å². The molecule has 0 spiro atoms. The first-order valence-corrected chi connectivity index (χ1v) is 10.2. The highest BCUT2D eigenvalue weighted by Crippen LogP contribution is 2.36. The van der Waals surface area contributed by atoms with Gasteiger partial charge in [-0.3, -0.25) is 0 Å². The molecule has 0 radical (unpaired) electrons. The van der Waals surface area contributed by atoms with E-state index in [0.29, 0.717) is 5.56 Å². The number of allylic oxidation sites excluding steroid dienone is 1. The van der Waals surface area contributed by atoms with Crippen molar-refractivity contribution in [3.63, 3.8) is 0 Å². The van der Waals surface area contributed by atoms with Gasteiger partial charge in [0.2, 0.25) is 0 Å². The van der Waals surface area contributed by atoms with Gasteiger partial charge < -0.3 is 5.11 Å². The Morgan fingerprint density at radius 2 is 1.53 bits per heavy atom. The molecule has 1 N–H and O–H groups in total. The Bertz CT molecular complexity index is 1270. The summed E-state index contributed by atoms with van der Waals surface area (Å²) in [5.74, 6) is -0.877. The molecular formula is C27H21NO2. The molecule has 0 amide bonds. The zero-order valence-electron chi connectivity index (χ0n) is 16.5. The number of benzene rings is 3. The second-order valence-electron chi connectivity index (χ2n) is 7.65. The molecular weight excluding hydrogens is 370 g/mol. The second kappa shape index (κ2) is 7.60.